The summed E-state index contributed by atoms with van der Waals surface area (Å²) < 4.78 is 5.28. The normalized spacial score (nSPS) is 10.4. The third-order valence-electron chi connectivity index (χ3n) is 3.88. The Labute approximate surface area is 159 Å². The van der Waals surface area contributed by atoms with Crippen molar-refractivity contribution < 1.29 is 19.2 Å². The van der Waals surface area contributed by atoms with E-state index in [-0.39, 0.29) is 23.6 Å². The molecule has 27 heavy (non-hydrogen) atoms. The summed E-state index contributed by atoms with van der Waals surface area (Å²) in [6, 6.07) is 16.2. The van der Waals surface area contributed by atoms with Crippen molar-refractivity contribution in [1.82, 2.24) is 0 Å². The van der Waals surface area contributed by atoms with Crippen molar-refractivity contribution in [2.45, 2.75) is 6.42 Å². The van der Waals surface area contributed by atoms with Crippen LogP contribution in [0, 0.1) is 10.1 Å². The molecule has 7 heteroatoms. The number of thiophene rings is 1. The Kier molecular flexibility index (Phi) is 5.73. The molecule has 2 aromatic carbocycles. The second-order valence-electron chi connectivity index (χ2n) is 5.66. The van der Waals surface area contributed by atoms with Crippen LogP contribution in [0.15, 0.2) is 66.0 Å². The zero-order valence-electron chi connectivity index (χ0n) is 14.2. The lowest BCUT2D eigenvalue weighted by Crippen LogP contribution is -2.13. The van der Waals surface area contributed by atoms with Crippen LogP contribution in [-0.2, 0) is 11.2 Å². The quantitative estimate of drug-likeness (QED) is 0.264. The first-order chi connectivity index (χ1) is 13.1. The van der Waals surface area contributed by atoms with E-state index in [0.29, 0.717) is 22.4 Å². The van der Waals surface area contributed by atoms with Crippen molar-refractivity contribution >= 4 is 28.8 Å². The molecule has 0 aliphatic heterocycles. The number of ketones is 1. The van der Waals surface area contributed by atoms with Crippen molar-refractivity contribution in [3.05, 3.63) is 97.7 Å². The third-order valence-corrected chi connectivity index (χ3v) is 4.75. The molecule has 0 amide bonds. The van der Waals surface area contributed by atoms with Crippen LogP contribution in [0.25, 0.3) is 0 Å². The van der Waals surface area contributed by atoms with Crippen LogP contribution in [0.3, 0.4) is 0 Å². The summed E-state index contributed by atoms with van der Waals surface area (Å²) in [6.07, 6.45) is 0.342. The number of carbonyl (C=O) groups excluding carboxylic acids is 2. The van der Waals surface area contributed by atoms with Crippen LogP contribution >= 0.6 is 11.3 Å². The SMILES string of the molecule is O=C(OCCc1cccc([N+](=O)[O-])c1)c1ccccc1C(=O)c1cccs1. The highest BCUT2D eigenvalue weighted by molar-refractivity contribution is 7.12. The van der Waals surface area contributed by atoms with Crippen molar-refractivity contribution in [2.75, 3.05) is 6.61 Å². The van der Waals surface area contributed by atoms with Crippen LogP contribution < -0.4 is 0 Å². The Morgan fingerprint density at radius 3 is 2.48 bits per heavy atom. The summed E-state index contributed by atoms with van der Waals surface area (Å²) in [6.45, 7) is 0.0571. The first-order valence-corrected chi connectivity index (χ1v) is 9.02. The molecule has 1 heterocycles. The second kappa shape index (κ2) is 8.37. The summed E-state index contributed by atoms with van der Waals surface area (Å²) >= 11 is 1.31. The zero-order chi connectivity index (χ0) is 19.2. The number of carbonyl (C=O) groups is 2. The molecule has 0 radical (unpaired) electrons. The molecule has 0 aliphatic carbocycles. The minimum Gasteiger partial charge on any atom is -0.462 e. The van der Waals surface area contributed by atoms with Gasteiger partial charge in [-0.2, -0.15) is 0 Å². The fourth-order valence-corrected chi connectivity index (χ4v) is 3.24. The van der Waals surface area contributed by atoms with Crippen molar-refractivity contribution in [3.63, 3.8) is 0 Å². The van der Waals surface area contributed by atoms with E-state index in [1.165, 1.54) is 23.5 Å². The maximum atomic E-state index is 12.6. The van der Waals surface area contributed by atoms with Gasteiger partial charge in [0.15, 0.2) is 0 Å². The average molecular weight is 381 g/mol. The molecule has 6 nitrogen and oxygen atoms in total. The molecule has 136 valence electrons. The van der Waals surface area contributed by atoms with Gasteiger partial charge in [0.2, 0.25) is 5.78 Å². The Bertz CT molecular complexity index is 982. The van der Waals surface area contributed by atoms with E-state index in [0.717, 1.165) is 0 Å². The molecule has 0 N–H and O–H groups in total. The van der Waals surface area contributed by atoms with Crippen molar-refractivity contribution in [2.24, 2.45) is 0 Å². The van der Waals surface area contributed by atoms with Crippen LogP contribution in [0.5, 0.6) is 0 Å². The highest BCUT2D eigenvalue weighted by Crippen LogP contribution is 2.19. The Hall–Kier alpha value is -3.32. The number of benzene rings is 2. The molecule has 3 aromatic rings. The first kappa shape index (κ1) is 18.5. The predicted octanol–water partition coefficient (Wildman–Crippen LogP) is 4.29. The van der Waals surface area contributed by atoms with E-state index in [9.17, 15) is 19.7 Å². The van der Waals surface area contributed by atoms with E-state index in [4.69, 9.17) is 4.74 Å². The second-order valence-corrected chi connectivity index (χ2v) is 6.61. The van der Waals surface area contributed by atoms with Gasteiger partial charge in [-0.1, -0.05) is 36.4 Å². The van der Waals surface area contributed by atoms with Crippen LogP contribution in [-0.4, -0.2) is 23.3 Å². The van der Waals surface area contributed by atoms with Crippen molar-refractivity contribution in [3.8, 4) is 0 Å². The number of ether oxygens (including phenoxy) is 1. The molecule has 0 bridgehead atoms. The molecule has 0 aliphatic rings. The number of hydrogen-bond acceptors (Lipinski definition) is 6. The fraction of sp³-hybridized carbons (Fsp3) is 0.100. The molecular weight excluding hydrogens is 366 g/mol. The molecule has 0 saturated carbocycles. The lowest BCUT2D eigenvalue weighted by molar-refractivity contribution is -0.384. The maximum Gasteiger partial charge on any atom is 0.338 e. The highest BCUT2D eigenvalue weighted by Gasteiger charge is 2.19. The zero-order valence-corrected chi connectivity index (χ0v) is 15.0. The molecule has 3 rings (SSSR count). The summed E-state index contributed by atoms with van der Waals surface area (Å²) in [7, 11) is 0. The smallest absolute Gasteiger partial charge is 0.338 e. The molecule has 0 atom stereocenters. The van der Waals surface area contributed by atoms with E-state index < -0.39 is 10.9 Å². The predicted molar refractivity (Wildman–Crippen MR) is 101 cm³/mol. The molecule has 1 aromatic heterocycles. The van der Waals surface area contributed by atoms with Crippen LogP contribution in [0.4, 0.5) is 5.69 Å². The number of nitrogens with zero attached hydrogens (tertiary/aromatic N) is 1. The van der Waals surface area contributed by atoms with Gasteiger partial charge in [0.05, 0.1) is 22.0 Å². The van der Waals surface area contributed by atoms with Gasteiger partial charge in [-0.3, -0.25) is 14.9 Å². The van der Waals surface area contributed by atoms with Gasteiger partial charge >= 0.3 is 5.97 Å². The summed E-state index contributed by atoms with van der Waals surface area (Å²) in [5, 5.41) is 12.6. The lowest BCUT2D eigenvalue weighted by atomic mass is 10.0. The number of esters is 1. The largest absolute Gasteiger partial charge is 0.462 e. The number of nitro benzene ring substituents is 1. The summed E-state index contributed by atoms with van der Waals surface area (Å²) in [5.41, 5.74) is 1.18. The molecule has 0 spiro atoms. The number of rotatable bonds is 7. The fourth-order valence-electron chi connectivity index (χ4n) is 2.56. The monoisotopic (exact) mass is 381 g/mol. The maximum absolute atomic E-state index is 12.6. The molecular formula is C20H15NO5S. The van der Waals surface area contributed by atoms with Crippen molar-refractivity contribution in [1.29, 1.82) is 0 Å². The van der Waals surface area contributed by atoms with E-state index >= 15 is 0 Å². The van der Waals surface area contributed by atoms with E-state index in [1.54, 1.807) is 53.9 Å². The average Bonchev–Trinajstić information content (AvgIpc) is 3.22. The van der Waals surface area contributed by atoms with Gasteiger partial charge in [-0.25, -0.2) is 4.79 Å². The minimum absolute atomic E-state index is 0.00860. The molecule has 0 saturated heterocycles. The number of non-ortho nitro benzene ring substituents is 1. The number of nitro groups is 1. The van der Waals surface area contributed by atoms with Gasteiger partial charge in [0.1, 0.15) is 0 Å². The Morgan fingerprint density at radius 2 is 1.78 bits per heavy atom. The highest BCUT2D eigenvalue weighted by atomic mass is 32.1. The summed E-state index contributed by atoms with van der Waals surface area (Å²) in [5.74, 6) is -0.822. The Morgan fingerprint density at radius 1 is 1.00 bits per heavy atom. The lowest BCUT2D eigenvalue weighted by Gasteiger charge is -2.08. The van der Waals surface area contributed by atoms with Gasteiger partial charge < -0.3 is 4.74 Å². The standard InChI is InChI=1S/C20H15NO5S/c22-19(18-9-4-12-27-18)16-7-1-2-8-17(16)20(23)26-11-10-14-5-3-6-15(13-14)21(24)25/h1-9,12-13H,10-11H2. The van der Waals surface area contributed by atoms with E-state index in [1.807, 2.05) is 0 Å². The van der Waals surface area contributed by atoms with Crippen LogP contribution in [0.1, 0.15) is 31.2 Å². The summed E-state index contributed by atoms with van der Waals surface area (Å²) in [4.78, 5) is 35.9. The molecule has 0 fully saturated rings. The Balaban J connectivity index is 1.68. The molecule has 0 unspecified atom stereocenters. The van der Waals surface area contributed by atoms with Gasteiger partial charge in [-0.15, -0.1) is 11.3 Å². The van der Waals surface area contributed by atoms with Gasteiger partial charge in [-0.05, 0) is 23.1 Å². The van der Waals surface area contributed by atoms with Gasteiger partial charge in [0, 0.05) is 24.1 Å². The van der Waals surface area contributed by atoms with Crippen LogP contribution in [0.2, 0.25) is 0 Å². The topological polar surface area (TPSA) is 86.5 Å². The first-order valence-electron chi connectivity index (χ1n) is 8.14. The third kappa shape index (κ3) is 4.45. The number of hydrogen-bond donors (Lipinski definition) is 0. The van der Waals surface area contributed by atoms with E-state index in [2.05, 4.69) is 0 Å². The van der Waals surface area contributed by atoms with Gasteiger partial charge in [0.25, 0.3) is 5.69 Å². The minimum atomic E-state index is -0.596.